The number of rotatable bonds is 0. The number of benzene rings is 1. The van der Waals surface area contributed by atoms with Crippen molar-refractivity contribution in [3.8, 4) is 0 Å². The first-order valence-corrected chi connectivity index (χ1v) is 4.76. The predicted octanol–water partition coefficient (Wildman–Crippen LogP) is 1.49. The molecule has 0 unspecified atom stereocenters. The number of anilines is 2. The van der Waals surface area contributed by atoms with Crippen LogP contribution in [0.1, 0.15) is 17.5 Å². The second-order valence-corrected chi connectivity index (χ2v) is 3.75. The molecule has 0 aromatic heterocycles. The molecule has 0 saturated carbocycles. The van der Waals surface area contributed by atoms with Crippen LogP contribution in [0.5, 0.6) is 0 Å². The van der Waals surface area contributed by atoms with Crippen molar-refractivity contribution in [3.63, 3.8) is 0 Å². The molecule has 3 nitrogen and oxygen atoms in total. The lowest BCUT2D eigenvalue weighted by Gasteiger charge is -2.27. The van der Waals surface area contributed by atoms with Crippen molar-refractivity contribution in [2.24, 2.45) is 0 Å². The summed E-state index contributed by atoms with van der Waals surface area (Å²) < 4.78 is 0. The number of aryl methyl sites for hydroxylation is 1. The minimum atomic E-state index is 0.167. The van der Waals surface area contributed by atoms with Gasteiger partial charge in [0.15, 0.2) is 0 Å². The van der Waals surface area contributed by atoms with E-state index in [1.54, 1.807) is 11.9 Å². The van der Waals surface area contributed by atoms with E-state index in [9.17, 15) is 4.79 Å². The third-order valence-electron chi connectivity index (χ3n) is 2.87. The van der Waals surface area contributed by atoms with E-state index in [1.807, 2.05) is 19.1 Å². The summed E-state index contributed by atoms with van der Waals surface area (Å²) in [6.07, 6.45) is 1.34. The minimum absolute atomic E-state index is 0.167. The molecule has 14 heavy (non-hydrogen) atoms. The van der Waals surface area contributed by atoms with Crippen molar-refractivity contribution in [1.29, 1.82) is 0 Å². The second-order valence-electron chi connectivity index (χ2n) is 3.75. The molecule has 1 amide bonds. The van der Waals surface area contributed by atoms with E-state index in [1.165, 1.54) is 0 Å². The van der Waals surface area contributed by atoms with E-state index in [2.05, 4.69) is 0 Å². The monoisotopic (exact) mass is 190 g/mol. The first-order valence-electron chi connectivity index (χ1n) is 4.76. The van der Waals surface area contributed by atoms with Gasteiger partial charge in [0.25, 0.3) is 0 Å². The highest BCUT2D eigenvalue weighted by atomic mass is 16.2. The number of nitrogens with zero attached hydrogens (tertiary/aromatic N) is 1. The van der Waals surface area contributed by atoms with E-state index in [4.69, 9.17) is 5.73 Å². The number of carbonyl (C=O) groups is 1. The first kappa shape index (κ1) is 9.06. The van der Waals surface area contributed by atoms with Crippen LogP contribution in [0.15, 0.2) is 12.1 Å². The zero-order valence-electron chi connectivity index (χ0n) is 8.50. The molecule has 0 fully saturated rings. The largest absolute Gasteiger partial charge is 0.398 e. The lowest BCUT2D eigenvalue weighted by atomic mass is 9.97. The van der Waals surface area contributed by atoms with Crippen LogP contribution >= 0.6 is 0 Å². The molecule has 0 aliphatic carbocycles. The van der Waals surface area contributed by atoms with Gasteiger partial charge in [0.1, 0.15) is 0 Å². The van der Waals surface area contributed by atoms with Crippen LogP contribution in [0.4, 0.5) is 11.4 Å². The van der Waals surface area contributed by atoms with Crippen molar-refractivity contribution >= 4 is 17.3 Å². The lowest BCUT2D eigenvalue weighted by molar-refractivity contribution is -0.118. The van der Waals surface area contributed by atoms with Crippen molar-refractivity contribution < 1.29 is 4.79 Å². The van der Waals surface area contributed by atoms with E-state index in [-0.39, 0.29) is 5.91 Å². The van der Waals surface area contributed by atoms with Crippen molar-refractivity contribution in [2.45, 2.75) is 19.8 Å². The SMILES string of the molecule is Cc1ccc2c(c1N)CCC(=O)N2C. The Labute approximate surface area is 83.5 Å². The summed E-state index contributed by atoms with van der Waals surface area (Å²) in [5.41, 5.74) is 9.98. The molecule has 1 aliphatic heterocycles. The van der Waals surface area contributed by atoms with Gasteiger partial charge in [-0.2, -0.15) is 0 Å². The molecule has 2 N–H and O–H groups in total. The molecule has 0 saturated heterocycles. The van der Waals surface area contributed by atoms with E-state index >= 15 is 0 Å². The molecule has 1 aromatic carbocycles. The van der Waals surface area contributed by atoms with Crippen molar-refractivity contribution in [1.82, 2.24) is 0 Å². The highest BCUT2D eigenvalue weighted by Gasteiger charge is 2.22. The quantitative estimate of drug-likeness (QED) is 0.630. The van der Waals surface area contributed by atoms with Gasteiger partial charge in [-0.25, -0.2) is 0 Å². The molecule has 0 bridgehead atoms. The number of amides is 1. The molecule has 3 heteroatoms. The molecule has 1 aromatic rings. The van der Waals surface area contributed by atoms with Gasteiger partial charge in [-0.05, 0) is 30.5 Å². The summed E-state index contributed by atoms with van der Waals surface area (Å²) >= 11 is 0. The normalized spacial score (nSPS) is 15.6. The zero-order valence-corrected chi connectivity index (χ0v) is 8.50. The number of nitrogen functional groups attached to an aromatic ring is 1. The van der Waals surface area contributed by atoms with Crippen LogP contribution in [0, 0.1) is 6.92 Å². The van der Waals surface area contributed by atoms with Gasteiger partial charge in [-0.3, -0.25) is 4.79 Å². The summed E-state index contributed by atoms with van der Waals surface area (Å²) in [4.78, 5) is 13.1. The Bertz CT molecular complexity index is 399. The maximum Gasteiger partial charge on any atom is 0.227 e. The fourth-order valence-electron chi connectivity index (χ4n) is 1.88. The van der Waals surface area contributed by atoms with Crippen molar-refractivity contribution in [2.75, 3.05) is 17.7 Å². The summed E-state index contributed by atoms with van der Waals surface area (Å²) in [5.74, 6) is 0.167. The van der Waals surface area contributed by atoms with Gasteiger partial charge in [-0.1, -0.05) is 6.07 Å². The molecule has 1 aliphatic rings. The Morgan fingerprint density at radius 2 is 2.07 bits per heavy atom. The lowest BCUT2D eigenvalue weighted by Crippen LogP contribution is -2.31. The third kappa shape index (κ3) is 1.16. The summed E-state index contributed by atoms with van der Waals surface area (Å²) in [7, 11) is 1.80. The third-order valence-corrected chi connectivity index (χ3v) is 2.87. The molecule has 2 rings (SSSR count). The highest BCUT2D eigenvalue weighted by Crippen LogP contribution is 2.32. The number of fused-ring (bicyclic) bond motifs is 1. The summed E-state index contributed by atoms with van der Waals surface area (Å²) in [5, 5.41) is 0. The predicted molar refractivity (Wildman–Crippen MR) is 57.3 cm³/mol. The Morgan fingerprint density at radius 3 is 2.79 bits per heavy atom. The number of carbonyl (C=O) groups excluding carboxylic acids is 1. The van der Waals surface area contributed by atoms with Crippen LogP contribution in [-0.4, -0.2) is 13.0 Å². The average Bonchev–Trinajstić information content (AvgIpc) is 2.17. The first-order chi connectivity index (χ1) is 6.61. The molecular weight excluding hydrogens is 176 g/mol. The van der Waals surface area contributed by atoms with Gasteiger partial charge in [0.05, 0.1) is 0 Å². The molecule has 1 heterocycles. The molecule has 0 spiro atoms. The van der Waals surface area contributed by atoms with E-state index in [0.29, 0.717) is 6.42 Å². The smallest absolute Gasteiger partial charge is 0.227 e. The number of nitrogens with two attached hydrogens (primary N) is 1. The molecule has 74 valence electrons. The van der Waals surface area contributed by atoms with E-state index < -0.39 is 0 Å². The highest BCUT2D eigenvalue weighted by molar-refractivity contribution is 5.97. The fourth-order valence-corrected chi connectivity index (χ4v) is 1.88. The maximum absolute atomic E-state index is 11.4. The van der Waals surface area contributed by atoms with E-state index in [0.717, 1.165) is 28.9 Å². The Balaban J connectivity index is 2.59. The Morgan fingerprint density at radius 1 is 1.36 bits per heavy atom. The van der Waals surface area contributed by atoms with Crippen LogP contribution in [-0.2, 0) is 11.2 Å². The van der Waals surface area contributed by atoms with Crippen LogP contribution < -0.4 is 10.6 Å². The molecule has 0 radical (unpaired) electrons. The summed E-state index contributed by atoms with van der Waals surface area (Å²) in [6.45, 7) is 1.99. The van der Waals surface area contributed by atoms with Crippen LogP contribution in [0.3, 0.4) is 0 Å². The van der Waals surface area contributed by atoms with Crippen molar-refractivity contribution in [3.05, 3.63) is 23.3 Å². The minimum Gasteiger partial charge on any atom is -0.398 e. The molecule has 0 atom stereocenters. The fraction of sp³-hybridized carbons (Fsp3) is 0.364. The van der Waals surface area contributed by atoms with Crippen LogP contribution in [0.25, 0.3) is 0 Å². The number of hydrogen-bond donors (Lipinski definition) is 1. The topological polar surface area (TPSA) is 46.3 Å². The number of hydrogen-bond acceptors (Lipinski definition) is 2. The van der Waals surface area contributed by atoms with Gasteiger partial charge in [-0.15, -0.1) is 0 Å². The average molecular weight is 190 g/mol. The zero-order chi connectivity index (χ0) is 10.3. The maximum atomic E-state index is 11.4. The molecular formula is C11H14N2O. The second kappa shape index (κ2) is 3.01. The Kier molecular flexibility index (Phi) is 1.95. The Hall–Kier alpha value is -1.51. The van der Waals surface area contributed by atoms with Crippen LogP contribution in [0.2, 0.25) is 0 Å². The van der Waals surface area contributed by atoms with Gasteiger partial charge >= 0.3 is 0 Å². The standard InChI is InChI=1S/C11H14N2O/c1-7-3-5-9-8(11(7)12)4-6-10(14)13(9)2/h3,5H,4,6,12H2,1-2H3. The van der Waals surface area contributed by atoms with Gasteiger partial charge in [0, 0.05) is 24.8 Å². The van der Waals surface area contributed by atoms with Gasteiger partial charge in [0.2, 0.25) is 5.91 Å². The summed E-state index contributed by atoms with van der Waals surface area (Å²) in [6, 6.07) is 3.93. The van der Waals surface area contributed by atoms with Gasteiger partial charge < -0.3 is 10.6 Å².